The van der Waals surface area contributed by atoms with E-state index in [-0.39, 0.29) is 11.9 Å². The van der Waals surface area contributed by atoms with Crippen LogP contribution in [0.15, 0.2) is 54.7 Å². The van der Waals surface area contributed by atoms with Crippen LogP contribution in [0.1, 0.15) is 61.6 Å². The number of amides is 1. The molecule has 1 aromatic heterocycles. The Kier molecular flexibility index (Phi) is 7.02. The van der Waals surface area contributed by atoms with Crippen LogP contribution in [0.5, 0.6) is 5.75 Å². The van der Waals surface area contributed by atoms with Crippen LogP contribution in [0.2, 0.25) is 0 Å². The molecule has 6 rings (SSSR count). The van der Waals surface area contributed by atoms with Crippen LogP contribution >= 0.6 is 0 Å². The molecule has 39 heavy (non-hydrogen) atoms. The highest BCUT2D eigenvalue weighted by Crippen LogP contribution is 2.44. The van der Waals surface area contributed by atoms with Crippen LogP contribution in [0.3, 0.4) is 0 Å². The number of ether oxygens (including phenoxy) is 2. The van der Waals surface area contributed by atoms with Crippen molar-refractivity contribution in [3.8, 4) is 17.0 Å². The molecule has 1 spiro atoms. The Bertz CT molecular complexity index is 1330. The monoisotopic (exact) mass is 529 g/mol. The van der Waals surface area contributed by atoms with Gasteiger partial charge in [-0.2, -0.15) is 0 Å². The summed E-state index contributed by atoms with van der Waals surface area (Å²) >= 11 is 0. The predicted molar refractivity (Wildman–Crippen MR) is 150 cm³/mol. The second kappa shape index (κ2) is 10.6. The van der Waals surface area contributed by atoms with E-state index in [9.17, 15) is 9.18 Å². The Labute approximate surface area is 229 Å². The minimum Gasteiger partial charge on any atom is -0.494 e. The van der Waals surface area contributed by atoms with Crippen molar-refractivity contribution in [2.45, 2.75) is 64.0 Å². The molecule has 3 aliphatic rings. The number of rotatable bonds is 7. The Hall–Kier alpha value is -3.45. The maximum absolute atomic E-state index is 13.6. The zero-order chi connectivity index (χ0) is 27.0. The van der Waals surface area contributed by atoms with Gasteiger partial charge in [0.05, 0.1) is 25.0 Å². The topological polar surface area (TPSA) is 54.9 Å². The third kappa shape index (κ3) is 5.24. The normalized spacial score (nSPS) is 19.3. The lowest BCUT2D eigenvalue weighted by atomic mass is 9.77. The number of piperidine rings is 1. The van der Waals surface area contributed by atoms with E-state index < -0.39 is 5.60 Å². The fraction of sp³-hybridized carbons (Fsp3) is 0.438. The minimum absolute atomic E-state index is 0.249. The summed E-state index contributed by atoms with van der Waals surface area (Å²) in [6.45, 7) is 7.68. The second-order valence-corrected chi connectivity index (χ2v) is 11.2. The molecule has 1 saturated carbocycles. The number of carbonyl (C=O) groups is 1. The first-order valence-corrected chi connectivity index (χ1v) is 14.1. The summed E-state index contributed by atoms with van der Waals surface area (Å²) in [6.07, 6.45) is 6.20. The first-order valence-electron chi connectivity index (χ1n) is 14.1. The molecule has 0 bridgehead atoms. The van der Waals surface area contributed by atoms with Crippen LogP contribution in [0.25, 0.3) is 11.3 Å². The summed E-state index contributed by atoms with van der Waals surface area (Å²) in [7, 11) is 0. The largest absolute Gasteiger partial charge is 0.494 e. The van der Waals surface area contributed by atoms with Gasteiger partial charge in [-0.25, -0.2) is 9.18 Å². The van der Waals surface area contributed by atoms with Crippen molar-refractivity contribution in [2.24, 2.45) is 0 Å². The lowest BCUT2D eigenvalue weighted by Gasteiger charge is -2.38. The quantitative estimate of drug-likeness (QED) is 0.335. The lowest BCUT2D eigenvalue weighted by molar-refractivity contribution is -0.00111. The molecule has 2 saturated heterocycles. The molecule has 0 N–H and O–H groups in total. The molecule has 2 aromatic carbocycles. The zero-order valence-corrected chi connectivity index (χ0v) is 22.8. The van der Waals surface area contributed by atoms with Gasteiger partial charge in [-0.05, 0) is 74.6 Å². The van der Waals surface area contributed by atoms with Crippen molar-refractivity contribution in [1.82, 2.24) is 9.88 Å². The smallest absolute Gasteiger partial charge is 0.415 e. The average Bonchev–Trinajstić information content (AvgIpc) is 3.22. The van der Waals surface area contributed by atoms with Gasteiger partial charge in [-0.3, -0.25) is 14.8 Å². The van der Waals surface area contributed by atoms with E-state index in [0.29, 0.717) is 19.1 Å². The van der Waals surface area contributed by atoms with Crippen molar-refractivity contribution in [2.75, 3.05) is 31.1 Å². The third-order valence-corrected chi connectivity index (χ3v) is 8.56. The maximum Gasteiger partial charge on any atom is 0.415 e. The Morgan fingerprint density at radius 1 is 1.10 bits per heavy atom. The maximum atomic E-state index is 13.6. The summed E-state index contributed by atoms with van der Waals surface area (Å²) in [5.41, 5.74) is 5.91. The number of carbonyl (C=O) groups excluding carboxylic acids is 1. The fourth-order valence-corrected chi connectivity index (χ4v) is 6.04. The molecular weight excluding hydrogens is 493 g/mol. The van der Waals surface area contributed by atoms with E-state index in [1.54, 1.807) is 11.0 Å². The standard InChI is InChI=1S/C32H36FN3O3/c1-3-38-30-18-28(29-12-9-25(33)19-34-29)27(23-5-4-6-23)17-24(30)20-35-15-13-32(14-16-35)21-36(31(37)39-32)26-10-7-22(2)8-11-26/h7-12,17-19,23H,3-6,13-16,20-21H2,1-2H3. The molecule has 1 amide bonds. The average molecular weight is 530 g/mol. The lowest BCUT2D eigenvalue weighted by Crippen LogP contribution is -2.46. The van der Waals surface area contributed by atoms with Crippen LogP contribution in [0, 0.1) is 12.7 Å². The molecule has 7 heteroatoms. The molecule has 6 nitrogen and oxygen atoms in total. The number of halogens is 1. The number of hydrogen-bond donors (Lipinski definition) is 0. The highest BCUT2D eigenvalue weighted by molar-refractivity contribution is 5.90. The first kappa shape index (κ1) is 25.8. The van der Waals surface area contributed by atoms with Gasteiger partial charge in [0.15, 0.2) is 0 Å². The number of hydrogen-bond acceptors (Lipinski definition) is 5. The minimum atomic E-state index is -0.434. The number of aromatic nitrogens is 1. The highest BCUT2D eigenvalue weighted by atomic mass is 19.1. The number of benzene rings is 2. The number of nitrogens with zero attached hydrogens (tertiary/aromatic N) is 3. The Morgan fingerprint density at radius 3 is 2.51 bits per heavy atom. The SMILES string of the molecule is CCOc1cc(-c2ccc(F)cn2)c(C2CCC2)cc1CN1CCC2(CC1)CN(c1ccc(C)cc1)C(=O)O2. The zero-order valence-electron chi connectivity index (χ0n) is 22.8. The van der Waals surface area contributed by atoms with Crippen molar-refractivity contribution in [3.05, 3.63) is 77.2 Å². The van der Waals surface area contributed by atoms with Crippen molar-refractivity contribution < 1.29 is 18.7 Å². The van der Waals surface area contributed by atoms with E-state index in [0.717, 1.165) is 68.0 Å². The van der Waals surface area contributed by atoms with Gasteiger partial charge in [0.2, 0.25) is 0 Å². The fourth-order valence-electron chi connectivity index (χ4n) is 6.04. The molecule has 1 aliphatic carbocycles. The van der Waals surface area contributed by atoms with Crippen LogP contribution in [-0.4, -0.2) is 47.8 Å². The van der Waals surface area contributed by atoms with Crippen molar-refractivity contribution >= 4 is 11.8 Å². The molecule has 204 valence electrons. The van der Waals surface area contributed by atoms with Crippen molar-refractivity contribution in [3.63, 3.8) is 0 Å². The predicted octanol–water partition coefficient (Wildman–Crippen LogP) is 6.85. The number of aryl methyl sites for hydroxylation is 1. The van der Waals surface area contributed by atoms with Crippen LogP contribution < -0.4 is 9.64 Å². The van der Waals surface area contributed by atoms with Crippen molar-refractivity contribution in [1.29, 1.82) is 0 Å². The van der Waals surface area contributed by atoms with Gasteiger partial charge in [0.1, 0.15) is 17.2 Å². The summed E-state index contributed by atoms with van der Waals surface area (Å²) in [4.78, 5) is 21.4. The van der Waals surface area contributed by atoms with Gasteiger partial charge in [-0.15, -0.1) is 0 Å². The van der Waals surface area contributed by atoms with Gasteiger partial charge in [0.25, 0.3) is 0 Å². The third-order valence-electron chi connectivity index (χ3n) is 8.56. The molecule has 3 fully saturated rings. The van der Waals surface area contributed by atoms with Crippen LogP contribution in [0.4, 0.5) is 14.9 Å². The molecule has 0 unspecified atom stereocenters. The van der Waals surface area contributed by atoms with Gasteiger partial charge < -0.3 is 9.47 Å². The Morgan fingerprint density at radius 2 is 1.87 bits per heavy atom. The molecular formula is C32H36FN3O3. The van der Waals surface area contributed by atoms with E-state index in [1.807, 2.05) is 38.1 Å². The highest BCUT2D eigenvalue weighted by Gasteiger charge is 2.47. The first-order chi connectivity index (χ1) is 18.9. The number of pyridine rings is 1. The summed E-state index contributed by atoms with van der Waals surface area (Å²) in [6, 6.07) is 15.7. The Balaban J connectivity index is 1.20. The van der Waals surface area contributed by atoms with Gasteiger partial charge in [0, 0.05) is 49.3 Å². The van der Waals surface area contributed by atoms with Crippen LogP contribution in [-0.2, 0) is 11.3 Å². The molecule has 0 radical (unpaired) electrons. The van der Waals surface area contributed by atoms with Gasteiger partial charge >= 0.3 is 6.09 Å². The number of likely N-dealkylation sites (tertiary alicyclic amines) is 1. The van der Waals surface area contributed by atoms with E-state index >= 15 is 0 Å². The number of anilines is 1. The van der Waals surface area contributed by atoms with E-state index in [1.165, 1.54) is 35.4 Å². The molecule has 3 aromatic rings. The molecule has 2 aliphatic heterocycles. The second-order valence-electron chi connectivity index (χ2n) is 11.2. The summed E-state index contributed by atoms with van der Waals surface area (Å²) < 4.78 is 25.7. The summed E-state index contributed by atoms with van der Waals surface area (Å²) in [5.74, 6) is 1.03. The van der Waals surface area contributed by atoms with Gasteiger partial charge in [-0.1, -0.05) is 24.1 Å². The van der Waals surface area contributed by atoms with E-state index in [2.05, 4.69) is 22.0 Å². The van der Waals surface area contributed by atoms with E-state index in [4.69, 9.17) is 9.47 Å². The summed E-state index contributed by atoms with van der Waals surface area (Å²) in [5, 5.41) is 0. The molecule has 0 atom stereocenters. The molecule has 3 heterocycles.